The SMILES string of the molecule is CC1(C)CC(=O)CC2(C1)Oc1ccc(Br)cc1C1CC(c3ccc(Cl)cc3)=NN12. The third kappa shape index (κ3) is 3.28. The molecule has 0 saturated heterocycles. The Morgan fingerprint density at radius 1 is 1.17 bits per heavy atom. The number of hydrogen-bond acceptors (Lipinski definition) is 4. The van der Waals surface area contributed by atoms with Gasteiger partial charge in [0.25, 0.3) is 0 Å². The van der Waals surface area contributed by atoms with Crippen LogP contribution in [0.15, 0.2) is 52.0 Å². The van der Waals surface area contributed by atoms with Crippen molar-refractivity contribution in [1.82, 2.24) is 5.01 Å². The summed E-state index contributed by atoms with van der Waals surface area (Å²) in [7, 11) is 0. The van der Waals surface area contributed by atoms with Gasteiger partial charge in [0.1, 0.15) is 11.5 Å². The van der Waals surface area contributed by atoms with E-state index in [9.17, 15) is 4.79 Å². The van der Waals surface area contributed by atoms with Crippen LogP contribution in [0.3, 0.4) is 0 Å². The average Bonchev–Trinajstić information content (AvgIpc) is 3.08. The minimum atomic E-state index is -0.738. The van der Waals surface area contributed by atoms with Crippen molar-refractivity contribution in [1.29, 1.82) is 0 Å². The maximum absolute atomic E-state index is 12.7. The summed E-state index contributed by atoms with van der Waals surface area (Å²) in [4.78, 5) is 12.7. The van der Waals surface area contributed by atoms with Crippen molar-refractivity contribution in [3.63, 3.8) is 0 Å². The highest BCUT2D eigenvalue weighted by Gasteiger charge is 2.56. The molecule has 0 N–H and O–H groups in total. The molecular formula is C23H22BrClN2O2. The Morgan fingerprint density at radius 2 is 1.93 bits per heavy atom. The zero-order valence-corrected chi connectivity index (χ0v) is 18.8. The molecule has 1 fully saturated rings. The van der Waals surface area contributed by atoms with E-state index in [0.29, 0.717) is 17.9 Å². The van der Waals surface area contributed by atoms with Gasteiger partial charge in [0.05, 0.1) is 18.2 Å². The third-order valence-corrected chi connectivity index (χ3v) is 6.79. The minimum Gasteiger partial charge on any atom is -0.466 e. The van der Waals surface area contributed by atoms with Gasteiger partial charge >= 0.3 is 0 Å². The molecule has 29 heavy (non-hydrogen) atoms. The van der Waals surface area contributed by atoms with Crippen LogP contribution in [0.2, 0.25) is 5.02 Å². The summed E-state index contributed by atoms with van der Waals surface area (Å²) in [5.74, 6) is 1.09. The van der Waals surface area contributed by atoms with E-state index in [0.717, 1.165) is 39.9 Å². The van der Waals surface area contributed by atoms with E-state index < -0.39 is 5.72 Å². The summed E-state index contributed by atoms with van der Waals surface area (Å²) in [5, 5.41) is 7.81. The molecular weight excluding hydrogens is 452 g/mol. The third-order valence-electron chi connectivity index (χ3n) is 6.04. The number of hydrazone groups is 1. The van der Waals surface area contributed by atoms with Gasteiger partial charge in [-0.3, -0.25) is 4.79 Å². The summed E-state index contributed by atoms with van der Waals surface area (Å²) in [5.41, 5.74) is 2.29. The Balaban J connectivity index is 1.63. The Kier molecular flexibility index (Phi) is 4.34. The number of rotatable bonds is 1. The number of benzene rings is 2. The molecule has 4 nitrogen and oxygen atoms in total. The van der Waals surface area contributed by atoms with E-state index in [-0.39, 0.29) is 17.2 Å². The lowest BCUT2D eigenvalue weighted by Gasteiger charge is -2.52. The van der Waals surface area contributed by atoms with Gasteiger partial charge in [-0.15, -0.1) is 0 Å². The molecule has 5 rings (SSSR count). The van der Waals surface area contributed by atoms with Crippen LogP contribution in [0.5, 0.6) is 5.75 Å². The number of ether oxygens (including phenoxy) is 1. The van der Waals surface area contributed by atoms with Crippen LogP contribution in [0, 0.1) is 5.41 Å². The first-order chi connectivity index (χ1) is 13.7. The lowest BCUT2D eigenvalue weighted by atomic mass is 9.71. The van der Waals surface area contributed by atoms with Crippen molar-refractivity contribution in [2.45, 2.75) is 51.3 Å². The molecule has 2 atom stereocenters. The molecule has 2 aromatic rings. The van der Waals surface area contributed by atoms with Gasteiger partial charge in [-0.2, -0.15) is 5.10 Å². The number of halogens is 2. The van der Waals surface area contributed by atoms with E-state index in [2.05, 4.69) is 40.9 Å². The van der Waals surface area contributed by atoms with Crippen molar-refractivity contribution >= 4 is 39.0 Å². The molecule has 0 aromatic heterocycles. The topological polar surface area (TPSA) is 41.9 Å². The number of Topliss-reactive ketones (excluding diaryl/α,β-unsaturated/α-hetero) is 1. The summed E-state index contributed by atoms with van der Waals surface area (Å²) < 4.78 is 7.60. The van der Waals surface area contributed by atoms with Crippen LogP contribution in [0.4, 0.5) is 0 Å². The highest BCUT2D eigenvalue weighted by atomic mass is 79.9. The summed E-state index contributed by atoms with van der Waals surface area (Å²) in [6.45, 7) is 4.28. The Hall–Kier alpha value is -1.85. The largest absolute Gasteiger partial charge is 0.466 e. The molecule has 1 aliphatic carbocycles. The zero-order valence-electron chi connectivity index (χ0n) is 16.4. The normalized spacial score (nSPS) is 27.3. The van der Waals surface area contributed by atoms with Crippen molar-refractivity contribution < 1.29 is 9.53 Å². The molecule has 150 valence electrons. The lowest BCUT2D eigenvalue weighted by molar-refractivity contribution is -0.171. The number of carbonyl (C=O) groups is 1. The van der Waals surface area contributed by atoms with Gasteiger partial charge in [-0.1, -0.05) is 53.5 Å². The fourth-order valence-corrected chi connectivity index (χ4v) is 5.59. The van der Waals surface area contributed by atoms with Gasteiger partial charge in [0.2, 0.25) is 5.72 Å². The summed E-state index contributed by atoms with van der Waals surface area (Å²) in [6, 6.07) is 13.9. The maximum atomic E-state index is 12.7. The Bertz CT molecular complexity index is 1030. The van der Waals surface area contributed by atoms with Crippen LogP contribution in [-0.2, 0) is 4.79 Å². The van der Waals surface area contributed by atoms with Gasteiger partial charge in [0, 0.05) is 34.3 Å². The highest BCUT2D eigenvalue weighted by Crippen LogP contribution is 2.54. The fourth-order valence-electron chi connectivity index (χ4n) is 5.08. The second kappa shape index (κ2) is 6.58. The molecule has 6 heteroatoms. The minimum absolute atomic E-state index is 0.0450. The van der Waals surface area contributed by atoms with Crippen LogP contribution in [0.25, 0.3) is 0 Å². The average molecular weight is 474 g/mol. The van der Waals surface area contributed by atoms with E-state index in [1.165, 1.54) is 0 Å². The molecule has 2 heterocycles. The van der Waals surface area contributed by atoms with Gasteiger partial charge in [0.15, 0.2) is 0 Å². The maximum Gasteiger partial charge on any atom is 0.205 e. The van der Waals surface area contributed by atoms with E-state index in [4.69, 9.17) is 21.4 Å². The van der Waals surface area contributed by atoms with Crippen LogP contribution < -0.4 is 4.74 Å². The monoisotopic (exact) mass is 472 g/mol. The first kappa shape index (κ1) is 19.1. The molecule has 2 aromatic carbocycles. The predicted molar refractivity (Wildman–Crippen MR) is 117 cm³/mol. The first-order valence-corrected chi connectivity index (χ1v) is 11.0. The number of hydrogen-bond donors (Lipinski definition) is 0. The molecule has 0 amide bonds. The fraction of sp³-hybridized carbons (Fsp3) is 0.391. The van der Waals surface area contributed by atoms with Gasteiger partial charge in [-0.05, 0) is 41.3 Å². The molecule has 1 spiro atoms. The first-order valence-electron chi connectivity index (χ1n) is 9.88. The number of carbonyl (C=O) groups excluding carboxylic acids is 1. The quantitative estimate of drug-likeness (QED) is 0.501. The second-order valence-corrected chi connectivity index (χ2v) is 10.4. The molecule has 0 radical (unpaired) electrons. The van der Waals surface area contributed by atoms with E-state index in [1.807, 2.05) is 36.4 Å². The number of fused-ring (bicyclic) bond motifs is 4. The van der Waals surface area contributed by atoms with E-state index in [1.54, 1.807) is 0 Å². The van der Waals surface area contributed by atoms with Crippen molar-refractivity contribution in [2.24, 2.45) is 10.5 Å². The van der Waals surface area contributed by atoms with Crippen LogP contribution >= 0.6 is 27.5 Å². The zero-order chi connectivity index (χ0) is 20.4. The lowest BCUT2D eigenvalue weighted by Crippen LogP contribution is -2.59. The van der Waals surface area contributed by atoms with Gasteiger partial charge < -0.3 is 4.74 Å². The molecule has 2 unspecified atom stereocenters. The van der Waals surface area contributed by atoms with Gasteiger partial charge in [-0.25, -0.2) is 5.01 Å². The van der Waals surface area contributed by atoms with Crippen LogP contribution in [-0.4, -0.2) is 22.2 Å². The van der Waals surface area contributed by atoms with E-state index >= 15 is 0 Å². The molecule has 0 bridgehead atoms. The van der Waals surface area contributed by atoms with Crippen LogP contribution in [0.1, 0.15) is 56.7 Å². The number of nitrogens with zero attached hydrogens (tertiary/aromatic N) is 2. The molecule has 2 aliphatic heterocycles. The Labute approximate surface area is 184 Å². The van der Waals surface area contributed by atoms with Crippen molar-refractivity contribution in [3.05, 3.63) is 63.1 Å². The van der Waals surface area contributed by atoms with Crippen molar-refractivity contribution in [3.8, 4) is 5.75 Å². The number of ketones is 1. The summed E-state index contributed by atoms with van der Waals surface area (Å²) >= 11 is 9.67. The Morgan fingerprint density at radius 3 is 2.66 bits per heavy atom. The van der Waals surface area contributed by atoms with Crippen molar-refractivity contribution in [2.75, 3.05) is 0 Å². The standard InChI is InChI=1S/C23H22BrClN2O2/c1-22(2)11-17(28)12-23(13-22)27-20(18-9-15(24)5-8-21(18)29-23)10-19(26-27)14-3-6-16(25)7-4-14/h3-9,20H,10-13H2,1-2H3. The summed E-state index contributed by atoms with van der Waals surface area (Å²) in [6.07, 6.45) is 2.47. The second-order valence-electron chi connectivity index (χ2n) is 9.08. The highest BCUT2D eigenvalue weighted by molar-refractivity contribution is 9.10. The molecule has 1 saturated carbocycles. The predicted octanol–water partition coefficient (Wildman–Crippen LogP) is 6.12. The smallest absolute Gasteiger partial charge is 0.205 e. The molecule has 3 aliphatic rings.